The van der Waals surface area contributed by atoms with Gasteiger partial charge in [0.05, 0.1) is 6.42 Å². The topological polar surface area (TPSA) is 29.1 Å². The molecule has 4 heteroatoms. The van der Waals surface area contributed by atoms with Crippen molar-refractivity contribution in [1.82, 2.24) is 0 Å². The first-order valence-corrected chi connectivity index (χ1v) is 8.88. The normalized spacial score (nSPS) is 14.8. The van der Waals surface area contributed by atoms with Gasteiger partial charge in [0.15, 0.2) is 0 Å². The van der Waals surface area contributed by atoms with Crippen LogP contribution in [0.4, 0.5) is 10.1 Å². The van der Waals surface area contributed by atoms with Crippen LogP contribution in [0.15, 0.2) is 53.4 Å². The van der Waals surface area contributed by atoms with Crippen molar-refractivity contribution in [2.45, 2.75) is 42.2 Å². The number of anilines is 1. The van der Waals surface area contributed by atoms with E-state index in [1.54, 1.807) is 12.1 Å². The Hall–Kier alpha value is -1.81. The van der Waals surface area contributed by atoms with Crippen molar-refractivity contribution in [3.8, 4) is 0 Å². The molecule has 1 aliphatic carbocycles. The average Bonchev–Trinajstić information content (AvgIpc) is 3.04. The maximum absolute atomic E-state index is 12.9. The minimum atomic E-state index is -0.287. The lowest BCUT2D eigenvalue weighted by atomic mass is 10.1. The number of hydrogen-bond acceptors (Lipinski definition) is 2. The Morgan fingerprint density at radius 2 is 1.70 bits per heavy atom. The molecule has 0 atom stereocenters. The highest BCUT2D eigenvalue weighted by molar-refractivity contribution is 8.00. The van der Waals surface area contributed by atoms with Crippen molar-refractivity contribution in [1.29, 1.82) is 0 Å². The molecule has 0 aliphatic heterocycles. The van der Waals surface area contributed by atoms with Gasteiger partial charge in [-0.05, 0) is 54.8 Å². The first-order valence-electron chi connectivity index (χ1n) is 8.00. The monoisotopic (exact) mass is 329 g/mol. The van der Waals surface area contributed by atoms with Crippen LogP contribution < -0.4 is 5.32 Å². The van der Waals surface area contributed by atoms with Crippen molar-refractivity contribution in [3.05, 3.63) is 59.9 Å². The first-order chi connectivity index (χ1) is 11.2. The predicted molar refractivity (Wildman–Crippen MR) is 93.3 cm³/mol. The van der Waals surface area contributed by atoms with Crippen LogP contribution in [0.5, 0.6) is 0 Å². The Labute approximate surface area is 140 Å². The van der Waals surface area contributed by atoms with Crippen LogP contribution in [-0.4, -0.2) is 11.2 Å². The summed E-state index contributed by atoms with van der Waals surface area (Å²) in [5.41, 5.74) is 1.60. The van der Waals surface area contributed by atoms with Crippen molar-refractivity contribution in [3.63, 3.8) is 0 Å². The molecule has 2 aromatic rings. The van der Waals surface area contributed by atoms with Crippen LogP contribution in [0.2, 0.25) is 0 Å². The molecule has 0 spiro atoms. The van der Waals surface area contributed by atoms with E-state index < -0.39 is 0 Å². The summed E-state index contributed by atoms with van der Waals surface area (Å²) in [6.07, 6.45) is 5.55. The van der Waals surface area contributed by atoms with E-state index in [4.69, 9.17) is 0 Å². The number of benzene rings is 2. The van der Waals surface area contributed by atoms with Gasteiger partial charge in [0, 0.05) is 15.8 Å². The third-order valence-corrected chi connectivity index (χ3v) is 5.37. The number of thioether (sulfide) groups is 1. The van der Waals surface area contributed by atoms with Gasteiger partial charge >= 0.3 is 0 Å². The molecule has 0 aromatic heterocycles. The second-order valence-electron chi connectivity index (χ2n) is 5.90. The second kappa shape index (κ2) is 7.64. The fourth-order valence-corrected chi connectivity index (χ4v) is 4.06. The predicted octanol–water partition coefficient (Wildman–Crippen LogP) is 5.04. The van der Waals surface area contributed by atoms with Crippen molar-refractivity contribution in [2.24, 2.45) is 0 Å². The summed E-state index contributed by atoms with van der Waals surface area (Å²) >= 11 is 1.93. The molecule has 1 aliphatic rings. The molecular formula is C19H20FNOS. The number of halogens is 1. The Morgan fingerprint density at radius 1 is 1.04 bits per heavy atom. The SMILES string of the molecule is O=C(Cc1ccc(F)cc1)Nc1ccc(SC2CCCC2)cc1. The van der Waals surface area contributed by atoms with Gasteiger partial charge in [0.1, 0.15) is 5.82 Å². The zero-order chi connectivity index (χ0) is 16.1. The Morgan fingerprint density at radius 3 is 2.35 bits per heavy atom. The highest BCUT2D eigenvalue weighted by atomic mass is 32.2. The summed E-state index contributed by atoms with van der Waals surface area (Å²) in [6, 6.07) is 14.0. The lowest BCUT2D eigenvalue weighted by Gasteiger charge is -2.10. The molecule has 3 rings (SSSR count). The highest BCUT2D eigenvalue weighted by Crippen LogP contribution is 2.34. The summed E-state index contributed by atoms with van der Waals surface area (Å²) < 4.78 is 12.9. The third-order valence-electron chi connectivity index (χ3n) is 4.02. The molecule has 0 bridgehead atoms. The van der Waals surface area contributed by atoms with Crippen LogP contribution in [0, 0.1) is 5.82 Å². The van der Waals surface area contributed by atoms with Crippen LogP contribution in [0.25, 0.3) is 0 Å². The van der Waals surface area contributed by atoms with E-state index in [9.17, 15) is 9.18 Å². The fraction of sp³-hybridized carbons (Fsp3) is 0.316. The van der Waals surface area contributed by atoms with E-state index in [-0.39, 0.29) is 18.1 Å². The van der Waals surface area contributed by atoms with Crippen LogP contribution in [-0.2, 0) is 11.2 Å². The molecule has 2 aromatic carbocycles. The third kappa shape index (κ3) is 4.83. The number of nitrogens with one attached hydrogen (secondary N) is 1. The van der Waals surface area contributed by atoms with Crippen molar-refractivity contribution >= 4 is 23.4 Å². The molecule has 1 N–H and O–H groups in total. The van der Waals surface area contributed by atoms with Crippen LogP contribution >= 0.6 is 11.8 Å². The molecule has 0 saturated heterocycles. The molecule has 2 nitrogen and oxygen atoms in total. The van der Waals surface area contributed by atoms with E-state index in [1.807, 2.05) is 23.9 Å². The van der Waals surface area contributed by atoms with Gasteiger partial charge in [-0.15, -0.1) is 11.8 Å². The van der Waals surface area contributed by atoms with Crippen molar-refractivity contribution in [2.75, 3.05) is 5.32 Å². The molecule has 0 heterocycles. The standard InChI is InChI=1S/C19H20FNOS/c20-15-7-5-14(6-8-15)13-19(22)21-16-9-11-18(12-10-16)23-17-3-1-2-4-17/h5-12,17H,1-4,13H2,(H,21,22). The smallest absolute Gasteiger partial charge is 0.228 e. The maximum atomic E-state index is 12.9. The van der Waals surface area contributed by atoms with Gasteiger partial charge in [-0.25, -0.2) is 4.39 Å². The van der Waals surface area contributed by atoms with Gasteiger partial charge in [-0.3, -0.25) is 4.79 Å². The average molecular weight is 329 g/mol. The summed E-state index contributed by atoms with van der Waals surface area (Å²) in [4.78, 5) is 13.3. The van der Waals surface area contributed by atoms with Crippen LogP contribution in [0.3, 0.4) is 0 Å². The van der Waals surface area contributed by atoms with Crippen LogP contribution in [0.1, 0.15) is 31.2 Å². The van der Waals surface area contributed by atoms with E-state index in [1.165, 1.54) is 42.7 Å². The molecule has 0 unspecified atom stereocenters. The minimum Gasteiger partial charge on any atom is -0.326 e. The Kier molecular flexibility index (Phi) is 5.34. The molecule has 0 radical (unpaired) electrons. The molecule has 23 heavy (non-hydrogen) atoms. The number of rotatable bonds is 5. The molecular weight excluding hydrogens is 309 g/mol. The minimum absolute atomic E-state index is 0.0900. The fourth-order valence-electron chi connectivity index (χ4n) is 2.81. The maximum Gasteiger partial charge on any atom is 0.228 e. The summed E-state index contributed by atoms with van der Waals surface area (Å²) in [5, 5.41) is 3.63. The summed E-state index contributed by atoms with van der Waals surface area (Å²) in [7, 11) is 0. The summed E-state index contributed by atoms with van der Waals surface area (Å²) in [6.45, 7) is 0. The number of carbonyl (C=O) groups is 1. The quantitative estimate of drug-likeness (QED) is 0.832. The zero-order valence-electron chi connectivity index (χ0n) is 12.9. The lowest BCUT2D eigenvalue weighted by molar-refractivity contribution is -0.115. The largest absolute Gasteiger partial charge is 0.326 e. The van der Waals surface area contributed by atoms with E-state index in [0.717, 1.165) is 16.5 Å². The first kappa shape index (κ1) is 16.1. The second-order valence-corrected chi connectivity index (χ2v) is 7.27. The van der Waals surface area contributed by atoms with Gasteiger partial charge < -0.3 is 5.32 Å². The Bertz CT molecular complexity index is 648. The Balaban J connectivity index is 1.52. The molecule has 1 fully saturated rings. The van der Waals surface area contributed by atoms with Crippen molar-refractivity contribution < 1.29 is 9.18 Å². The molecule has 120 valence electrons. The highest BCUT2D eigenvalue weighted by Gasteiger charge is 2.15. The van der Waals surface area contributed by atoms with E-state index >= 15 is 0 Å². The van der Waals surface area contributed by atoms with Gasteiger partial charge in [0.25, 0.3) is 0 Å². The lowest BCUT2D eigenvalue weighted by Crippen LogP contribution is -2.14. The molecule has 1 saturated carbocycles. The zero-order valence-corrected chi connectivity index (χ0v) is 13.7. The number of hydrogen-bond donors (Lipinski definition) is 1. The van der Waals surface area contributed by atoms with E-state index in [2.05, 4.69) is 17.4 Å². The molecule has 1 amide bonds. The van der Waals surface area contributed by atoms with E-state index in [0.29, 0.717) is 0 Å². The number of amides is 1. The van der Waals surface area contributed by atoms with Gasteiger partial charge in [-0.2, -0.15) is 0 Å². The number of carbonyl (C=O) groups excluding carboxylic acids is 1. The summed E-state index contributed by atoms with van der Waals surface area (Å²) in [5.74, 6) is -0.377. The van der Waals surface area contributed by atoms with Gasteiger partial charge in [-0.1, -0.05) is 25.0 Å². The van der Waals surface area contributed by atoms with Gasteiger partial charge in [0.2, 0.25) is 5.91 Å².